The predicted octanol–water partition coefficient (Wildman–Crippen LogP) is 4.59. The highest BCUT2D eigenvalue weighted by atomic mass is 79.9. The first-order chi connectivity index (χ1) is 12.1. The molecule has 0 aliphatic carbocycles. The Balaban J connectivity index is 1.98. The largest absolute Gasteiger partial charge is 0.417 e. The summed E-state index contributed by atoms with van der Waals surface area (Å²) in [5.74, 6) is -3.57. The van der Waals surface area contributed by atoms with Crippen molar-refractivity contribution < 1.29 is 31.9 Å². The number of hydrogen-bond donors (Lipinski definition) is 1. The molecule has 3 rings (SSSR count). The number of anilines is 1. The van der Waals surface area contributed by atoms with E-state index in [1.807, 2.05) is 0 Å². The molecule has 1 aliphatic rings. The van der Waals surface area contributed by atoms with Gasteiger partial charge in [0.25, 0.3) is 0 Å². The molecule has 0 aromatic heterocycles. The summed E-state index contributed by atoms with van der Waals surface area (Å²) in [7, 11) is 0. The van der Waals surface area contributed by atoms with Crippen LogP contribution in [0.15, 0.2) is 40.9 Å². The molecule has 0 radical (unpaired) electrons. The van der Waals surface area contributed by atoms with Crippen LogP contribution >= 0.6 is 15.9 Å². The third-order valence-corrected chi connectivity index (χ3v) is 4.79. The van der Waals surface area contributed by atoms with E-state index >= 15 is 0 Å². The summed E-state index contributed by atoms with van der Waals surface area (Å²) < 4.78 is 65.8. The van der Waals surface area contributed by atoms with E-state index in [-0.39, 0.29) is 22.1 Å². The number of carbonyl (C=O) groups is 1. The van der Waals surface area contributed by atoms with Crippen molar-refractivity contribution in [3.8, 4) is 0 Å². The van der Waals surface area contributed by atoms with E-state index in [2.05, 4.69) is 15.9 Å². The van der Waals surface area contributed by atoms with Crippen LogP contribution in [0.2, 0.25) is 0 Å². The fourth-order valence-electron chi connectivity index (χ4n) is 2.97. The maximum Gasteiger partial charge on any atom is 0.417 e. The minimum absolute atomic E-state index is 0.0159. The lowest BCUT2D eigenvalue weighted by Gasteiger charge is -2.22. The van der Waals surface area contributed by atoms with Gasteiger partial charge in [0.05, 0.1) is 11.5 Å². The van der Waals surface area contributed by atoms with Gasteiger partial charge in [-0.2, -0.15) is 13.2 Å². The van der Waals surface area contributed by atoms with Crippen molar-refractivity contribution in [1.82, 2.24) is 0 Å². The van der Waals surface area contributed by atoms with Gasteiger partial charge in [0, 0.05) is 22.6 Å². The first-order valence-electron chi connectivity index (χ1n) is 7.42. The van der Waals surface area contributed by atoms with E-state index in [0.29, 0.717) is 6.07 Å². The van der Waals surface area contributed by atoms with Crippen LogP contribution in [0.3, 0.4) is 0 Å². The van der Waals surface area contributed by atoms with Gasteiger partial charge >= 0.3 is 6.18 Å². The minimum atomic E-state index is -4.66. The Morgan fingerprint density at radius 1 is 1.08 bits per heavy atom. The molecular formula is C17H11BrF5NO2. The summed E-state index contributed by atoms with van der Waals surface area (Å²) in [5, 5.41) is 10.2. The normalized spacial score (nSPS) is 20.7. The van der Waals surface area contributed by atoms with Crippen LogP contribution in [0.5, 0.6) is 0 Å². The number of nitrogens with zero attached hydrogens (tertiary/aromatic N) is 1. The average Bonchev–Trinajstić information content (AvgIpc) is 2.81. The quantitative estimate of drug-likeness (QED) is 0.701. The summed E-state index contributed by atoms with van der Waals surface area (Å²) in [5.41, 5.74) is -1.14. The van der Waals surface area contributed by atoms with Gasteiger partial charge in [-0.25, -0.2) is 8.78 Å². The number of amides is 1. The number of halogens is 6. The van der Waals surface area contributed by atoms with Crippen LogP contribution in [0.1, 0.15) is 23.5 Å². The van der Waals surface area contributed by atoms with Gasteiger partial charge < -0.3 is 5.11 Å². The van der Waals surface area contributed by atoms with Crippen LogP contribution in [0.25, 0.3) is 0 Å². The number of rotatable bonds is 2. The standard InChI is InChI=1S/C17H11BrF5NO2/c18-14-2-1-11(6-13(14)17(21,22)23)24-15(25)7-12(16(24)26)8-3-9(19)5-10(20)4-8/h1-6,12,15,25H,7H2. The van der Waals surface area contributed by atoms with Crippen LogP contribution in [0, 0.1) is 11.6 Å². The van der Waals surface area contributed by atoms with Gasteiger partial charge in [0.1, 0.15) is 17.9 Å². The topological polar surface area (TPSA) is 40.5 Å². The van der Waals surface area contributed by atoms with Crippen molar-refractivity contribution in [2.24, 2.45) is 0 Å². The van der Waals surface area contributed by atoms with Crippen molar-refractivity contribution in [3.05, 3.63) is 63.6 Å². The monoisotopic (exact) mass is 435 g/mol. The van der Waals surface area contributed by atoms with E-state index < -0.39 is 41.4 Å². The van der Waals surface area contributed by atoms with Gasteiger partial charge in [-0.1, -0.05) is 15.9 Å². The zero-order valence-electron chi connectivity index (χ0n) is 12.9. The highest BCUT2D eigenvalue weighted by molar-refractivity contribution is 9.10. The third kappa shape index (κ3) is 3.45. The van der Waals surface area contributed by atoms with Gasteiger partial charge in [-0.15, -0.1) is 0 Å². The van der Waals surface area contributed by atoms with Crippen LogP contribution < -0.4 is 4.90 Å². The van der Waals surface area contributed by atoms with Crippen molar-refractivity contribution in [2.75, 3.05) is 4.90 Å². The zero-order chi connectivity index (χ0) is 19.2. The fourth-order valence-corrected chi connectivity index (χ4v) is 3.44. The summed E-state index contributed by atoms with van der Waals surface area (Å²) in [6, 6.07) is 5.67. The maximum atomic E-state index is 13.4. The molecule has 1 amide bonds. The smallest absolute Gasteiger partial charge is 0.373 e. The molecule has 138 valence electrons. The van der Waals surface area contributed by atoms with E-state index in [1.165, 1.54) is 6.07 Å². The number of hydrogen-bond acceptors (Lipinski definition) is 2. The van der Waals surface area contributed by atoms with Crippen LogP contribution in [0.4, 0.5) is 27.6 Å². The van der Waals surface area contributed by atoms with E-state index in [1.54, 1.807) is 0 Å². The highest BCUT2D eigenvalue weighted by Gasteiger charge is 2.42. The van der Waals surface area contributed by atoms with Crippen LogP contribution in [-0.2, 0) is 11.0 Å². The lowest BCUT2D eigenvalue weighted by Crippen LogP contribution is -2.33. The summed E-state index contributed by atoms with van der Waals surface area (Å²) >= 11 is 2.80. The average molecular weight is 436 g/mol. The van der Waals surface area contributed by atoms with E-state index in [0.717, 1.165) is 29.2 Å². The summed E-state index contributed by atoms with van der Waals surface area (Å²) in [6.45, 7) is 0. The lowest BCUT2D eigenvalue weighted by atomic mass is 9.97. The predicted molar refractivity (Wildman–Crippen MR) is 86.4 cm³/mol. The molecule has 1 fully saturated rings. The molecule has 1 heterocycles. The Hall–Kier alpha value is -2.00. The SMILES string of the molecule is O=C1C(c2cc(F)cc(F)c2)CC(O)N1c1ccc(Br)c(C(F)(F)F)c1. The van der Waals surface area contributed by atoms with Crippen molar-refractivity contribution >= 4 is 27.5 Å². The maximum absolute atomic E-state index is 13.4. The van der Waals surface area contributed by atoms with Gasteiger partial charge in [0.2, 0.25) is 5.91 Å². The molecular weight excluding hydrogens is 425 g/mol. The number of benzene rings is 2. The molecule has 2 aromatic rings. The minimum Gasteiger partial charge on any atom is -0.373 e. The molecule has 0 saturated carbocycles. The van der Waals surface area contributed by atoms with E-state index in [4.69, 9.17) is 0 Å². The molecule has 1 saturated heterocycles. The number of aliphatic hydroxyl groups is 1. The zero-order valence-corrected chi connectivity index (χ0v) is 14.5. The molecule has 1 aliphatic heterocycles. The number of aliphatic hydroxyl groups excluding tert-OH is 1. The third-order valence-electron chi connectivity index (χ3n) is 4.10. The second-order valence-corrected chi connectivity index (χ2v) is 6.70. The molecule has 26 heavy (non-hydrogen) atoms. The molecule has 9 heteroatoms. The summed E-state index contributed by atoms with van der Waals surface area (Å²) in [6.07, 6.45) is -6.27. The Bertz CT molecular complexity index is 850. The molecule has 1 N–H and O–H groups in total. The molecule has 2 atom stereocenters. The Kier molecular flexibility index (Phi) is 4.78. The van der Waals surface area contributed by atoms with Crippen molar-refractivity contribution in [1.29, 1.82) is 0 Å². The highest BCUT2D eigenvalue weighted by Crippen LogP contribution is 2.40. The second-order valence-electron chi connectivity index (χ2n) is 5.84. The lowest BCUT2D eigenvalue weighted by molar-refractivity contribution is -0.138. The van der Waals surface area contributed by atoms with Crippen LogP contribution in [-0.4, -0.2) is 17.2 Å². The Morgan fingerprint density at radius 3 is 2.27 bits per heavy atom. The molecule has 0 spiro atoms. The fraction of sp³-hybridized carbons (Fsp3) is 0.235. The first kappa shape index (κ1) is 18.8. The van der Waals surface area contributed by atoms with E-state index in [9.17, 15) is 31.9 Å². The van der Waals surface area contributed by atoms with Crippen molar-refractivity contribution in [3.63, 3.8) is 0 Å². The van der Waals surface area contributed by atoms with Gasteiger partial charge in [0.15, 0.2) is 0 Å². The molecule has 2 aromatic carbocycles. The summed E-state index contributed by atoms with van der Waals surface area (Å²) in [4.78, 5) is 13.4. The van der Waals surface area contributed by atoms with Gasteiger partial charge in [-0.3, -0.25) is 9.69 Å². The number of alkyl halides is 3. The number of carbonyl (C=O) groups excluding carboxylic acids is 1. The van der Waals surface area contributed by atoms with Gasteiger partial charge in [-0.05, 0) is 35.9 Å². The molecule has 3 nitrogen and oxygen atoms in total. The van der Waals surface area contributed by atoms with Crippen molar-refractivity contribution in [2.45, 2.75) is 24.7 Å². The Labute approximate surface area is 153 Å². The molecule has 2 unspecified atom stereocenters. The Morgan fingerprint density at radius 2 is 1.69 bits per heavy atom. The second kappa shape index (κ2) is 6.62. The molecule has 0 bridgehead atoms. The first-order valence-corrected chi connectivity index (χ1v) is 8.21.